The van der Waals surface area contributed by atoms with Gasteiger partial charge in [-0.3, -0.25) is 4.79 Å². The first-order valence-electron chi connectivity index (χ1n) is 7.14. The van der Waals surface area contributed by atoms with Gasteiger partial charge in [0, 0.05) is 6.42 Å². The molecule has 0 bridgehead atoms. The van der Waals surface area contributed by atoms with Gasteiger partial charge in [0.1, 0.15) is 11.3 Å². The highest BCUT2D eigenvalue weighted by atomic mass is 16.5. The minimum Gasteiger partial charge on any atom is -0.420 e. The van der Waals surface area contributed by atoms with E-state index in [2.05, 4.69) is 20.3 Å². The SMILES string of the molecule is Cc1oncc1-c1nnc(CC2C=c3ccccc3=NC2=O)o1. The molecule has 1 aliphatic heterocycles. The smallest absolute Gasteiger partial charge is 0.253 e. The molecule has 3 aromatic rings. The number of aromatic nitrogens is 3. The summed E-state index contributed by atoms with van der Waals surface area (Å²) in [6.07, 6.45) is 3.73. The highest BCUT2D eigenvalue weighted by Gasteiger charge is 2.22. The minimum atomic E-state index is -0.401. The van der Waals surface area contributed by atoms with E-state index in [9.17, 15) is 4.79 Å². The predicted molar refractivity (Wildman–Crippen MR) is 78.4 cm³/mol. The number of amides is 1. The first kappa shape index (κ1) is 13.6. The van der Waals surface area contributed by atoms with Crippen molar-refractivity contribution < 1.29 is 13.7 Å². The second-order valence-corrected chi connectivity index (χ2v) is 5.28. The second kappa shape index (κ2) is 5.28. The van der Waals surface area contributed by atoms with Crippen LogP contribution in [-0.2, 0) is 11.2 Å². The van der Waals surface area contributed by atoms with Gasteiger partial charge in [0.2, 0.25) is 5.89 Å². The molecule has 2 aromatic heterocycles. The molecule has 23 heavy (non-hydrogen) atoms. The van der Waals surface area contributed by atoms with Crippen molar-refractivity contribution in [1.82, 2.24) is 15.4 Å². The van der Waals surface area contributed by atoms with Gasteiger partial charge in [-0.1, -0.05) is 29.4 Å². The van der Waals surface area contributed by atoms with Crippen LogP contribution in [0.15, 0.2) is 44.4 Å². The third-order valence-electron chi connectivity index (χ3n) is 3.71. The normalized spacial score (nSPS) is 16.6. The number of hydrogen-bond donors (Lipinski definition) is 0. The molecule has 7 heteroatoms. The molecule has 0 aliphatic carbocycles. The van der Waals surface area contributed by atoms with Crippen LogP contribution in [-0.4, -0.2) is 21.3 Å². The van der Waals surface area contributed by atoms with Crippen LogP contribution in [0.2, 0.25) is 0 Å². The average molecular weight is 308 g/mol. The minimum absolute atomic E-state index is 0.204. The lowest BCUT2D eigenvalue weighted by molar-refractivity contribution is -0.120. The standard InChI is InChI=1S/C16H12N4O3/c1-9-12(8-17-23-9)16-20-19-14(22-16)7-11-6-10-4-2-3-5-13(10)18-15(11)21/h2-6,8,11H,7H2,1H3. The lowest BCUT2D eigenvalue weighted by atomic mass is 10.0. The van der Waals surface area contributed by atoms with Gasteiger partial charge in [-0.2, -0.15) is 0 Å². The highest BCUT2D eigenvalue weighted by molar-refractivity contribution is 5.86. The fourth-order valence-corrected chi connectivity index (χ4v) is 2.50. The zero-order valence-corrected chi connectivity index (χ0v) is 12.3. The van der Waals surface area contributed by atoms with Crippen molar-refractivity contribution in [2.24, 2.45) is 10.9 Å². The second-order valence-electron chi connectivity index (χ2n) is 5.28. The molecule has 0 spiro atoms. The van der Waals surface area contributed by atoms with Gasteiger partial charge in [-0.25, -0.2) is 4.99 Å². The van der Waals surface area contributed by atoms with Crippen molar-refractivity contribution in [2.45, 2.75) is 13.3 Å². The van der Waals surface area contributed by atoms with Gasteiger partial charge >= 0.3 is 0 Å². The van der Waals surface area contributed by atoms with E-state index in [1.807, 2.05) is 30.3 Å². The molecule has 1 aliphatic rings. The summed E-state index contributed by atoms with van der Waals surface area (Å²) < 4.78 is 10.6. The topological polar surface area (TPSA) is 94.4 Å². The van der Waals surface area contributed by atoms with Crippen LogP contribution in [0.5, 0.6) is 0 Å². The van der Waals surface area contributed by atoms with Gasteiger partial charge in [0.15, 0.2) is 0 Å². The summed E-state index contributed by atoms with van der Waals surface area (Å²) in [4.78, 5) is 16.2. The molecular weight excluding hydrogens is 296 g/mol. The van der Waals surface area contributed by atoms with Crippen LogP contribution in [0.4, 0.5) is 0 Å². The van der Waals surface area contributed by atoms with Gasteiger partial charge < -0.3 is 8.94 Å². The van der Waals surface area contributed by atoms with Gasteiger partial charge in [0.05, 0.1) is 17.5 Å². The fraction of sp³-hybridized carbons (Fsp3) is 0.188. The Labute approximate surface area is 130 Å². The van der Waals surface area contributed by atoms with Crippen LogP contribution in [0, 0.1) is 12.8 Å². The lowest BCUT2D eigenvalue weighted by Gasteiger charge is -2.09. The van der Waals surface area contributed by atoms with Crippen molar-refractivity contribution in [3.05, 3.63) is 52.7 Å². The molecule has 114 valence electrons. The van der Waals surface area contributed by atoms with Crippen molar-refractivity contribution >= 4 is 12.0 Å². The quantitative estimate of drug-likeness (QED) is 0.711. The van der Waals surface area contributed by atoms with Gasteiger partial charge in [-0.15, -0.1) is 10.2 Å². The van der Waals surface area contributed by atoms with Gasteiger partial charge in [-0.05, 0) is 18.2 Å². The third kappa shape index (κ3) is 2.46. The van der Waals surface area contributed by atoms with Crippen LogP contribution >= 0.6 is 0 Å². The third-order valence-corrected chi connectivity index (χ3v) is 3.71. The van der Waals surface area contributed by atoms with E-state index in [1.165, 1.54) is 6.20 Å². The summed E-state index contributed by atoms with van der Waals surface area (Å²) in [7, 11) is 0. The molecule has 1 atom stereocenters. The van der Waals surface area contributed by atoms with Crippen LogP contribution in [0.3, 0.4) is 0 Å². The van der Waals surface area contributed by atoms with E-state index >= 15 is 0 Å². The summed E-state index contributed by atoms with van der Waals surface area (Å²) in [6, 6.07) is 7.52. The molecule has 4 rings (SSSR count). The van der Waals surface area contributed by atoms with E-state index in [0.29, 0.717) is 34.9 Å². The average Bonchev–Trinajstić information content (AvgIpc) is 3.16. The molecule has 0 saturated carbocycles. The summed E-state index contributed by atoms with van der Waals surface area (Å²) in [6.45, 7) is 1.76. The predicted octanol–water partition coefficient (Wildman–Crippen LogP) is 0.832. The molecule has 7 nitrogen and oxygen atoms in total. The van der Waals surface area contributed by atoms with Crippen LogP contribution in [0.1, 0.15) is 11.7 Å². The van der Waals surface area contributed by atoms with Crippen LogP contribution in [0.25, 0.3) is 17.5 Å². The van der Waals surface area contributed by atoms with Crippen molar-refractivity contribution in [3.8, 4) is 11.5 Å². The number of nitrogens with zero attached hydrogens (tertiary/aromatic N) is 4. The Kier molecular flexibility index (Phi) is 3.11. The summed E-state index contributed by atoms with van der Waals surface area (Å²) in [5.74, 6) is 0.708. The van der Waals surface area contributed by atoms with E-state index in [1.54, 1.807) is 6.92 Å². The monoisotopic (exact) mass is 308 g/mol. The Bertz CT molecular complexity index is 1000. The molecular formula is C16H12N4O3. The number of aryl methyl sites for hydroxylation is 1. The van der Waals surface area contributed by atoms with Gasteiger partial charge in [0.25, 0.3) is 11.8 Å². The van der Waals surface area contributed by atoms with E-state index in [4.69, 9.17) is 8.94 Å². The molecule has 0 fully saturated rings. The Hall–Kier alpha value is -3.09. The van der Waals surface area contributed by atoms with Crippen molar-refractivity contribution in [2.75, 3.05) is 0 Å². The number of hydrogen-bond acceptors (Lipinski definition) is 6. The van der Waals surface area contributed by atoms with E-state index in [0.717, 1.165) is 5.22 Å². The van der Waals surface area contributed by atoms with E-state index < -0.39 is 5.92 Å². The molecule has 1 amide bonds. The molecule has 0 radical (unpaired) electrons. The summed E-state index contributed by atoms with van der Waals surface area (Å²) >= 11 is 0. The number of para-hydroxylation sites is 1. The number of benzene rings is 1. The lowest BCUT2D eigenvalue weighted by Crippen LogP contribution is -2.34. The Morgan fingerprint density at radius 1 is 1.22 bits per heavy atom. The largest absolute Gasteiger partial charge is 0.420 e. The first-order chi connectivity index (χ1) is 11.2. The van der Waals surface area contributed by atoms with E-state index in [-0.39, 0.29) is 5.91 Å². The molecule has 3 heterocycles. The fourth-order valence-electron chi connectivity index (χ4n) is 2.50. The maximum atomic E-state index is 12.1. The Morgan fingerprint density at radius 3 is 2.91 bits per heavy atom. The molecule has 0 N–H and O–H groups in total. The van der Waals surface area contributed by atoms with Crippen molar-refractivity contribution in [1.29, 1.82) is 0 Å². The maximum Gasteiger partial charge on any atom is 0.253 e. The highest BCUT2D eigenvalue weighted by Crippen LogP contribution is 2.22. The number of fused-ring (bicyclic) bond motifs is 1. The zero-order valence-electron chi connectivity index (χ0n) is 12.3. The van der Waals surface area contributed by atoms with Crippen molar-refractivity contribution in [3.63, 3.8) is 0 Å². The number of carbonyl (C=O) groups is 1. The first-order valence-corrected chi connectivity index (χ1v) is 7.14. The number of rotatable bonds is 3. The zero-order chi connectivity index (χ0) is 15.8. The Morgan fingerprint density at radius 2 is 2.09 bits per heavy atom. The molecule has 1 aromatic carbocycles. The molecule has 0 saturated heterocycles. The Balaban J connectivity index is 1.62. The number of carbonyl (C=O) groups excluding carboxylic acids is 1. The van der Waals surface area contributed by atoms with Crippen LogP contribution < -0.4 is 10.6 Å². The summed E-state index contributed by atoms with van der Waals surface area (Å²) in [5, 5.41) is 13.3. The molecule has 1 unspecified atom stereocenters. The summed E-state index contributed by atoms with van der Waals surface area (Å²) in [5.41, 5.74) is 0.651. The maximum absolute atomic E-state index is 12.1.